The van der Waals surface area contributed by atoms with E-state index in [1.165, 1.54) is 77.8 Å². The molecule has 0 saturated heterocycles. The number of benzene rings is 1. The number of nitrogens with one attached hydrogen (secondary N) is 6. The first-order valence-electron chi connectivity index (χ1n) is 23.7. The number of methoxy groups -OCH3 is 1. The van der Waals surface area contributed by atoms with Crippen molar-refractivity contribution >= 4 is 116 Å². The Kier molecular flexibility index (Phi) is 17.2. The number of hydrogen-bond acceptors (Lipinski definition) is 22. The molecular formula is C50H47N13O9S6. The predicted molar refractivity (Wildman–Crippen MR) is 296 cm³/mol. The summed E-state index contributed by atoms with van der Waals surface area (Å²) in [6, 6.07) is 9.64. The number of thiazole rings is 6. The lowest BCUT2D eigenvalue weighted by atomic mass is 10.0. The topological polar surface area (TPSA) is 300 Å². The van der Waals surface area contributed by atoms with Crippen molar-refractivity contribution in [3.63, 3.8) is 0 Å². The van der Waals surface area contributed by atoms with Crippen molar-refractivity contribution in [2.75, 3.05) is 26.0 Å². The molecule has 8 aromatic rings. The van der Waals surface area contributed by atoms with Crippen LogP contribution in [-0.2, 0) is 35.3 Å². The average Bonchev–Trinajstić information content (AvgIpc) is 4.30. The fraction of sp³-hybridized carbons (Fsp3) is 0.280. The van der Waals surface area contributed by atoms with Crippen molar-refractivity contribution in [1.29, 1.82) is 0 Å². The number of pyridine rings is 1. The third-order valence-corrected chi connectivity index (χ3v) is 17.4. The Bertz CT molecular complexity index is 3550. The fourth-order valence-corrected chi connectivity index (χ4v) is 13.5. The number of aromatic nitrogens is 7. The van der Waals surface area contributed by atoms with Crippen molar-refractivity contribution in [2.24, 2.45) is 5.92 Å². The number of esters is 1. The van der Waals surface area contributed by atoms with E-state index in [1.807, 2.05) is 13.8 Å². The quantitative estimate of drug-likeness (QED) is 0.0541. The van der Waals surface area contributed by atoms with Gasteiger partial charge in [0.25, 0.3) is 17.7 Å². The number of carbonyl (C=O) groups excluding carboxylic acids is 7. The number of ether oxygens (including phenoxy) is 2. The van der Waals surface area contributed by atoms with Crippen LogP contribution in [0.3, 0.4) is 0 Å². The Morgan fingerprint density at radius 1 is 0.718 bits per heavy atom. The van der Waals surface area contributed by atoms with Crippen LogP contribution in [0.2, 0.25) is 0 Å². The van der Waals surface area contributed by atoms with Gasteiger partial charge in [-0.15, -0.1) is 68.0 Å². The molecule has 0 spiro atoms. The lowest BCUT2D eigenvalue weighted by molar-refractivity contribution is -0.149. The molecule has 0 fully saturated rings. The molecule has 22 nitrogen and oxygen atoms in total. The first-order chi connectivity index (χ1) is 37.6. The SMILES string of the molecule is CNC(=O)C[C@@H]1NC(=O)c2csc(n2)-c2ccc(-c3nc(NC=O)cs3)nc2-c2csc(n2)-c2csc(n2)[C@H]([C@@H](OC(C)=O)c2ccccc2)NC(=O)CNC(=O)c2nc(sc2COC)C(C(C)C)NC(=O)c2nc1sc2C. The second-order valence-electron chi connectivity index (χ2n) is 17.5. The summed E-state index contributed by atoms with van der Waals surface area (Å²) in [6.07, 6.45) is -0.745. The zero-order valence-electron chi connectivity index (χ0n) is 42.2. The minimum Gasteiger partial charge on any atom is -0.455 e. The van der Waals surface area contributed by atoms with Gasteiger partial charge in [-0.25, -0.2) is 34.9 Å². The van der Waals surface area contributed by atoms with E-state index < -0.39 is 66.3 Å². The van der Waals surface area contributed by atoms with Crippen LogP contribution in [0.1, 0.15) is 113 Å². The highest BCUT2D eigenvalue weighted by Crippen LogP contribution is 2.41. The lowest BCUT2D eigenvalue weighted by Crippen LogP contribution is -2.41. The van der Waals surface area contributed by atoms with Gasteiger partial charge in [0, 0.05) is 53.0 Å². The number of fused-ring (bicyclic) bond motifs is 14. The van der Waals surface area contributed by atoms with E-state index in [4.69, 9.17) is 34.4 Å². The van der Waals surface area contributed by atoms with Crippen LogP contribution >= 0.6 is 68.0 Å². The van der Waals surface area contributed by atoms with Crippen LogP contribution < -0.4 is 31.9 Å². The van der Waals surface area contributed by atoms with Crippen molar-refractivity contribution in [2.45, 2.75) is 65.0 Å². The second-order valence-corrected chi connectivity index (χ2v) is 23.3. The molecule has 1 aliphatic rings. The molecule has 9 rings (SSSR count). The highest BCUT2D eigenvalue weighted by atomic mass is 32.1. The van der Waals surface area contributed by atoms with Crippen molar-refractivity contribution < 1.29 is 43.0 Å². The van der Waals surface area contributed by atoms with E-state index >= 15 is 0 Å². The minimum atomic E-state index is -1.06. The van der Waals surface area contributed by atoms with Gasteiger partial charge in [0.15, 0.2) is 6.10 Å². The van der Waals surface area contributed by atoms with E-state index in [0.29, 0.717) is 85.9 Å². The number of anilines is 1. The maximum absolute atomic E-state index is 14.2. The number of nitrogens with zero attached hydrogens (tertiary/aromatic N) is 7. The zero-order valence-corrected chi connectivity index (χ0v) is 47.1. The molecule has 7 aromatic heterocycles. The molecule has 8 heterocycles. The number of aryl methyl sites for hydroxylation is 1. The summed E-state index contributed by atoms with van der Waals surface area (Å²) < 4.78 is 11.4. The summed E-state index contributed by atoms with van der Waals surface area (Å²) in [5.41, 5.74) is 2.86. The monoisotopic (exact) mass is 1170 g/mol. The molecule has 10 bridgehead atoms. The van der Waals surface area contributed by atoms with Crippen LogP contribution in [0.15, 0.2) is 64.0 Å². The van der Waals surface area contributed by atoms with Gasteiger partial charge in [0.1, 0.15) is 76.1 Å². The van der Waals surface area contributed by atoms with Crippen LogP contribution in [0.5, 0.6) is 0 Å². The molecule has 28 heteroatoms. The van der Waals surface area contributed by atoms with Gasteiger partial charge in [0.2, 0.25) is 18.2 Å². The summed E-state index contributed by atoms with van der Waals surface area (Å²) in [4.78, 5) is 128. The summed E-state index contributed by atoms with van der Waals surface area (Å²) >= 11 is 7.22. The Balaban J connectivity index is 1.15. The number of rotatable bonds is 11. The summed E-state index contributed by atoms with van der Waals surface area (Å²) in [5, 5.41) is 26.0. The fourth-order valence-electron chi connectivity index (χ4n) is 8.01. The van der Waals surface area contributed by atoms with E-state index in [0.717, 1.165) is 11.3 Å². The standard InChI is InChI=1S/C50H47N13O9S6/c1-22(2)36-50-63-39(32(78-50)16-71-6)43(69)52-15-35(67)60-40(41(72-24(4)65)25-10-8-7-9-11-25)49-58-31(19-75-49)47-56-29(17-74-47)38-26(12-13-27(54-38)46-59-33(20-76-46)53-21-64)45-57-30(18-73-45)42(68)55-28(14-34(66)51-5)48-62-37(23(3)77-48)44(70)61-36/h7-13,17-22,28,36,40-41H,14-16H2,1-6H3,(H,51,66)(H,52,69)(H,53,64)(H,55,68)(H,60,67)(H,61,70)/t28-,36?,40-,41-/m0/s1. The Morgan fingerprint density at radius 3 is 2.18 bits per heavy atom. The normalized spacial score (nSPS) is 16.5. The third-order valence-electron chi connectivity index (χ3n) is 11.7. The highest BCUT2D eigenvalue weighted by Gasteiger charge is 2.34. The lowest BCUT2D eigenvalue weighted by Gasteiger charge is -2.26. The van der Waals surface area contributed by atoms with E-state index in [2.05, 4.69) is 41.9 Å². The van der Waals surface area contributed by atoms with Gasteiger partial charge in [-0.1, -0.05) is 44.2 Å². The second kappa shape index (κ2) is 24.4. The molecule has 78 heavy (non-hydrogen) atoms. The summed E-state index contributed by atoms with van der Waals surface area (Å²) in [7, 11) is 2.94. The van der Waals surface area contributed by atoms with Crippen LogP contribution in [-0.4, -0.2) is 97.5 Å². The molecular weight excluding hydrogens is 1120 g/mol. The number of hydrogen-bond donors (Lipinski definition) is 6. The molecule has 1 unspecified atom stereocenters. The molecule has 4 atom stereocenters. The predicted octanol–water partition coefficient (Wildman–Crippen LogP) is 7.45. The minimum absolute atomic E-state index is 0.00440. The third kappa shape index (κ3) is 12.4. The largest absolute Gasteiger partial charge is 0.455 e. The van der Waals surface area contributed by atoms with E-state index in [-0.39, 0.29) is 36.0 Å². The molecule has 0 aliphatic carbocycles. The first-order valence-corrected chi connectivity index (χ1v) is 28.9. The van der Waals surface area contributed by atoms with Crippen LogP contribution in [0, 0.1) is 12.8 Å². The number of amides is 6. The van der Waals surface area contributed by atoms with Crippen LogP contribution in [0.25, 0.3) is 43.4 Å². The molecule has 402 valence electrons. The van der Waals surface area contributed by atoms with Gasteiger partial charge in [-0.05, 0) is 30.5 Å². The maximum atomic E-state index is 14.2. The Morgan fingerprint density at radius 2 is 1.44 bits per heavy atom. The molecule has 6 amide bonds. The smallest absolute Gasteiger partial charge is 0.303 e. The number of carbonyl (C=O) groups is 7. The Hall–Kier alpha value is -7.60. The first kappa shape index (κ1) is 55.2. The highest BCUT2D eigenvalue weighted by molar-refractivity contribution is 7.15. The van der Waals surface area contributed by atoms with Crippen LogP contribution in [0.4, 0.5) is 5.82 Å². The van der Waals surface area contributed by atoms with Crippen molar-refractivity contribution in [1.82, 2.24) is 61.5 Å². The molecule has 0 saturated carbocycles. The molecule has 0 radical (unpaired) electrons. The van der Waals surface area contributed by atoms with Gasteiger partial charge in [0.05, 0.1) is 42.2 Å². The van der Waals surface area contributed by atoms with Crippen molar-refractivity contribution in [3.05, 3.63) is 111 Å². The Labute approximate surface area is 469 Å². The zero-order chi connectivity index (χ0) is 55.2. The van der Waals surface area contributed by atoms with Gasteiger partial charge in [-0.3, -0.25) is 33.6 Å². The summed E-state index contributed by atoms with van der Waals surface area (Å²) in [5.74, 6) is -3.40. The van der Waals surface area contributed by atoms with Crippen molar-refractivity contribution in [3.8, 4) is 43.4 Å². The summed E-state index contributed by atoms with van der Waals surface area (Å²) in [6.45, 7) is 6.20. The van der Waals surface area contributed by atoms with Gasteiger partial charge >= 0.3 is 5.97 Å². The molecule has 1 aliphatic heterocycles. The van der Waals surface area contributed by atoms with Gasteiger partial charge < -0.3 is 41.4 Å². The van der Waals surface area contributed by atoms with Gasteiger partial charge in [-0.2, -0.15) is 0 Å². The average molecular weight is 1170 g/mol. The molecule has 1 aromatic carbocycles. The molecule has 6 N–H and O–H groups in total. The maximum Gasteiger partial charge on any atom is 0.303 e. The van der Waals surface area contributed by atoms with E-state index in [1.54, 1.807) is 70.9 Å². The van der Waals surface area contributed by atoms with E-state index in [9.17, 15) is 33.6 Å².